The first-order chi connectivity index (χ1) is 7.09. The minimum absolute atomic E-state index is 0.191. The van der Waals surface area contributed by atoms with Crippen LogP contribution in [0, 0.1) is 0 Å². The SMILES string of the molecule is CC(C)c1ccc(CCC2(N)CC2)cc1. The van der Waals surface area contributed by atoms with Crippen molar-refractivity contribution in [2.24, 2.45) is 5.73 Å². The molecule has 0 heterocycles. The van der Waals surface area contributed by atoms with E-state index in [1.807, 2.05) is 0 Å². The second-order valence-electron chi connectivity index (χ2n) is 5.26. The summed E-state index contributed by atoms with van der Waals surface area (Å²) < 4.78 is 0. The second-order valence-corrected chi connectivity index (χ2v) is 5.26. The van der Waals surface area contributed by atoms with Gasteiger partial charge in [0.05, 0.1) is 0 Å². The molecule has 2 rings (SSSR count). The van der Waals surface area contributed by atoms with E-state index < -0.39 is 0 Å². The molecule has 0 radical (unpaired) electrons. The fourth-order valence-corrected chi connectivity index (χ4v) is 1.87. The van der Waals surface area contributed by atoms with Crippen LogP contribution < -0.4 is 5.73 Å². The largest absolute Gasteiger partial charge is 0.325 e. The molecule has 82 valence electrons. The Morgan fingerprint density at radius 3 is 2.27 bits per heavy atom. The summed E-state index contributed by atoms with van der Waals surface area (Å²) in [6, 6.07) is 8.99. The molecular formula is C14H21N. The van der Waals surface area contributed by atoms with Crippen molar-refractivity contribution in [2.45, 2.75) is 51.0 Å². The number of hydrogen-bond acceptors (Lipinski definition) is 1. The summed E-state index contributed by atoms with van der Waals surface area (Å²) in [4.78, 5) is 0. The van der Waals surface area contributed by atoms with Crippen LogP contribution in [0.15, 0.2) is 24.3 Å². The number of benzene rings is 1. The first-order valence-electron chi connectivity index (χ1n) is 5.97. The lowest BCUT2D eigenvalue weighted by molar-refractivity contribution is 0.609. The maximum atomic E-state index is 6.07. The lowest BCUT2D eigenvalue weighted by Gasteiger charge is -2.09. The van der Waals surface area contributed by atoms with Gasteiger partial charge in [-0.2, -0.15) is 0 Å². The van der Waals surface area contributed by atoms with E-state index in [1.54, 1.807) is 0 Å². The fraction of sp³-hybridized carbons (Fsp3) is 0.571. The summed E-state index contributed by atoms with van der Waals surface area (Å²) in [5, 5.41) is 0. The van der Waals surface area contributed by atoms with E-state index in [0.29, 0.717) is 5.92 Å². The molecule has 0 atom stereocenters. The van der Waals surface area contributed by atoms with Crippen molar-refractivity contribution in [2.75, 3.05) is 0 Å². The van der Waals surface area contributed by atoms with Crippen LogP contribution in [0.2, 0.25) is 0 Å². The Morgan fingerprint density at radius 2 is 1.80 bits per heavy atom. The van der Waals surface area contributed by atoms with Gasteiger partial charge in [0.2, 0.25) is 0 Å². The zero-order chi connectivity index (χ0) is 10.9. The van der Waals surface area contributed by atoms with Gasteiger partial charge in [0, 0.05) is 5.54 Å². The van der Waals surface area contributed by atoms with Gasteiger partial charge in [-0.05, 0) is 42.7 Å². The second kappa shape index (κ2) is 3.97. The first kappa shape index (κ1) is 10.7. The van der Waals surface area contributed by atoms with Crippen LogP contribution in [0.4, 0.5) is 0 Å². The van der Waals surface area contributed by atoms with Crippen LogP contribution >= 0.6 is 0 Å². The number of nitrogens with two attached hydrogens (primary N) is 1. The van der Waals surface area contributed by atoms with Gasteiger partial charge >= 0.3 is 0 Å². The Labute approximate surface area is 92.7 Å². The molecule has 0 saturated heterocycles. The van der Waals surface area contributed by atoms with Crippen molar-refractivity contribution >= 4 is 0 Å². The van der Waals surface area contributed by atoms with Crippen molar-refractivity contribution in [1.82, 2.24) is 0 Å². The molecular weight excluding hydrogens is 182 g/mol. The van der Waals surface area contributed by atoms with E-state index in [0.717, 1.165) is 12.8 Å². The Hall–Kier alpha value is -0.820. The molecule has 1 aromatic rings. The third-order valence-electron chi connectivity index (χ3n) is 3.45. The molecule has 15 heavy (non-hydrogen) atoms. The van der Waals surface area contributed by atoms with Crippen molar-refractivity contribution in [1.29, 1.82) is 0 Å². The third-order valence-corrected chi connectivity index (χ3v) is 3.45. The Kier molecular flexibility index (Phi) is 2.83. The molecule has 0 unspecified atom stereocenters. The molecule has 0 spiro atoms. The molecule has 1 saturated carbocycles. The van der Waals surface area contributed by atoms with E-state index in [-0.39, 0.29) is 5.54 Å². The van der Waals surface area contributed by atoms with Crippen molar-refractivity contribution in [3.05, 3.63) is 35.4 Å². The van der Waals surface area contributed by atoms with E-state index in [1.165, 1.54) is 24.0 Å². The summed E-state index contributed by atoms with van der Waals surface area (Å²) >= 11 is 0. The molecule has 1 aromatic carbocycles. The maximum absolute atomic E-state index is 6.07. The lowest BCUT2D eigenvalue weighted by Crippen LogP contribution is -2.22. The summed E-state index contributed by atoms with van der Waals surface area (Å²) in [7, 11) is 0. The van der Waals surface area contributed by atoms with Crippen LogP contribution in [0.3, 0.4) is 0 Å². The van der Waals surface area contributed by atoms with Gasteiger partial charge in [-0.25, -0.2) is 0 Å². The number of hydrogen-bond donors (Lipinski definition) is 1. The molecule has 1 fully saturated rings. The Bertz CT molecular complexity index is 320. The fourth-order valence-electron chi connectivity index (χ4n) is 1.87. The van der Waals surface area contributed by atoms with Crippen LogP contribution in [-0.2, 0) is 6.42 Å². The molecule has 1 nitrogen and oxygen atoms in total. The molecule has 2 N–H and O–H groups in total. The zero-order valence-electron chi connectivity index (χ0n) is 9.79. The summed E-state index contributed by atoms with van der Waals surface area (Å²) in [6.07, 6.45) is 4.72. The molecule has 0 bridgehead atoms. The average Bonchev–Trinajstić information content (AvgIpc) is 2.95. The highest BCUT2D eigenvalue weighted by Crippen LogP contribution is 2.36. The molecule has 1 aliphatic rings. The van der Waals surface area contributed by atoms with Gasteiger partial charge in [-0.15, -0.1) is 0 Å². The molecule has 0 aromatic heterocycles. The van der Waals surface area contributed by atoms with Crippen LogP contribution in [-0.4, -0.2) is 5.54 Å². The minimum atomic E-state index is 0.191. The van der Waals surface area contributed by atoms with Crippen molar-refractivity contribution in [3.8, 4) is 0 Å². The summed E-state index contributed by atoms with van der Waals surface area (Å²) in [5.74, 6) is 0.628. The van der Waals surface area contributed by atoms with E-state index in [4.69, 9.17) is 5.73 Å². The number of aryl methyl sites for hydroxylation is 1. The molecule has 0 amide bonds. The third kappa shape index (κ3) is 2.82. The topological polar surface area (TPSA) is 26.0 Å². The molecule has 0 aliphatic heterocycles. The Balaban J connectivity index is 1.92. The average molecular weight is 203 g/mol. The van der Waals surface area contributed by atoms with Gasteiger partial charge in [0.1, 0.15) is 0 Å². The van der Waals surface area contributed by atoms with Gasteiger partial charge in [-0.1, -0.05) is 38.1 Å². The van der Waals surface area contributed by atoms with E-state index in [9.17, 15) is 0 Å². The van der Waals surface area contributed by atoms with E-state index >= 15 is 0 Å². The van der Waals surface area contributed by atoms with Crippen molar-refractivity contribution < 1.29 is 0 Å². The predicted octanol–water partition coefficient (Wildman–Crippen LogP) is 3.23. The highest BCUT2D eigenvalue weighted by atomic mass is 14.8. The smallest absolute Gasteiger partial charge is 0.0158 e. The summed E-state index contributed by atoms with van der Waals surface area (Å²) in [6.45, 7) is 4.46. The Morgan fingerprint density at radius 1 is 1.20 bits per heavy atom. The molecule has 1 heteroatoms. The monoisotopic (exact) mass is 203 g/mol. The zero-order valence-corrected chi connectivity index (χ0v) is 9.79. The van der Waals surface area contributed by atoms with Gasteiger partial charge in [0.15, 0.2) is 0 Å². The predicted molar refractivity (Wildman–Crippen MR) is 65.0 cm³/mol. The number of rotatable bonds is 4. The first-order valence-corrected chi connectivity index (χ1v) is 5.97. The van der Waals surface area contributed by atoms with Gasteiger partial charge in [-0.3, -0.25) is 0 Å². The van der Waals surface area contributed by atoms with Crippen LogP contribution in [0.5, 0.6) is 0 Å². The lowest BCUT2D eigenvalue weighted by atomic mass is 9.99. The van der Waals surface area contributed by atoms with Gasteiger partial charge < -0.3 is 5.73 Å². The van der Waals surface area contributed by atoms with E-state index in [2.05, 4.69) is 38.1 Å². The van der Waals surface area contributed by atoms with Crippen LogP contribution in [0.1, 0.15) is 50.2 Å². The van der Waals surface area contributed by atoms with Crippen molar-refractivity contribution in [3.63, 3.8) is 0 Å². The summed E-state index contributed by atoms with van der Waals surface area (Å²) in [5.41, 5.74) is 9.11. The van der Waals surface area contributed by atoms with Crippen LogP contribution in [0.25, 0.3) is 0 Å². The standard InChI is InChI=1S/C14H21N/c1-11(2)13-5-3-12(4-6-13)7-8-14(15)9-10-14/h3-6,11H,7-10,15H2,1-2H3. The minimum Gasteiger partial charge on any atom is -0.325 e. The maximum Gasteiger partial charge on any atom is 0.0158 e. The normalized spacial score (nSPS) is 18.1. The highest BCUT2D eigenvalue weighted by molar-refractivity contribution is 5.25. The molecule has 1 aliphatic carbocycles. The quantitative estimate of drug-likeness (QED) is 0.798. The van der Waals surface area contributed by atoms with Gasteiger partial charge in [0.25, 0.3) is 0 Å². The highest BCUT2D eigenvalue weighted by Gasteiger charge is 2.37.